The molecule has 0 aliphatic carbocycles. The average molecular weight is 242 g/mol. The summed E-state index contributed by atoms with van der Waals surface area (Å²) in [6.07, 6.45) is 1.49. The molecule has 1 heterocycles. The first-order valence-electron chi connectivity index (χ1n) is 5.53. The van der Waals surface area contributed by atoms with Crippen molar-refractivity contribution in [3.05, 3.63) is 47.3 Å². The fourth-order valence-corrected chi connectivity index (χ4v) is 1.61. The first-order valence-corrected chi connectivity index (χ1v) is 5.53. The van der Waals surface area contributed by atoms with Gasteiger partial charge in [-0.05, 0) is 13.8 Å². The van der Waals surface area contributed by atoms with E-state index in [9.17, 15) is 4.79 Å². The number of aryl methyl sites for hydroxylation is 2. The first-order chi connectivity index (χ1) is 8.61. The van der Waals surface area contributed by atoms with Crippen LogP contribution in [0.3, 0.4) is 0 Å². The topological polar surface area (TPSA) is 80.9 Å². The van der Waals surface area contributed by atoms with Crippen LogP contribution in [-0.2, 0) is 0 Å². The second-order valence-corrected chi connectivity index (χ2v) is 4.03. The second-order valence-electron chi connectivity index (χ2n) is 4.03. The minimum Gasteiger partial charge on any atom is -0.290 e. The second kappa shape index (κ2) is 4.93. The maximum absolute atomic E-state index is 11.4. The van der Waals surface area contributed by atoms with Gasteiger partial charge in [0.1, 0.15) is 0 Å². The Hall–Kier alpha value is -2.27. The third kappa shape index (κ3) is 2.36. The average Bonchev–Trinajstić information content (AvgIpc) is 2.38. The fraction of sp³-hybridized carbons (Fsp3) is 0.154. The van der Waals surface area contributed by atoms with Gasteiger partial charge in [-0.1, -0.05) is 29.8 Å². The number of carbonyl (C=O) groups is 1. The van der Waals surface area contributed by atoms with E-state index in [2.05, 4.69) is 15.4 Å². The lowest BCUT2D eigenvalue weighted by atomic mass is 10.1. The van der Waals surface area contributed by atoms with Gasteiger partial charge in [0.05, 0.1) is 11.3 Å². The van der Waals surface area contributed by atoms with Crippen molar-refractivity contribution in [3.8, 4) is 11.4 Å². The Morgan fingerprint density at radius 1 is 1.22 bits per heavy atom. The molecule has 18 heavy (non-hydrogen) atoms. The number of nitrogens with two attached hydrogens (primary N) is 1. The molecule has 0 bridgehead atoms. The molecule has 1 aromatic heterocycles. The predicted octanol–water partition coefficient (Wildman–Crippen LogP) is 1.36. The van der Waals surface area contributed by atoms with Crippen molar-refractivity contribution >= 4 is 5.91 Å². The highest BCUT2D eigenvalue weighted by Crippen LogP contribution is 2.16. The van der Waals surface area contributed by atoms with Gasteiger partial charge in [0.25, 0.3) is 5.91 Å². The van der Waals surface area contributed by atoms with Gasteiger partial charge in [-0.25, -0.2) is 15.8 Å². The number of rotatable bonds is 2. The van der Waals surface area contributed by atoms with Crippen molar-refractivity contribution in [2.45, 2.75) is 13.8 Å². The molecule has 0 aliphatic heterocycles. The van der Waals surface area contributed by atoms with Crippen LogP contribution in [0.4, 0.5) is 0 Å². The van der Waals surface area contributed by atoms with E-state index in [1.165, 1.54) is 11.8 Å². The number of hydrazine groups is 1. The fourth-order valence-electron chi connectivity index (χ4n) is 1.61. The molecule has 1 amide bonds. The zero-order chi connectivity index (χ0) is 13.1. The minimum absolute atomic E-state index is 0.383. The predicted molar refractivity (Wildman–Crippen MR) is 68.6 cm³/mol. The summed E-state index contributed by atoms with van der Waals surface area (Å²) in [5.41, 5.74) is 5.15. The molecule has 0 saturated carbocycles. The van der Waals surface area contributed by atoms with Crippen molar-refractivity contribution in [1.29, 1.82) is 0 Å². The van der Waals surface area contributed by atoms with E-state index in [1.54, 1.807) is 6.92 Å². The summed E-state index contributed by atoms with van der Waals surface area (Å²) < 4.78 is 0. The Kier molecular flexibility index (Phi) is 3.34. The summed E-state index contributed by atoms with van der Waals surface area (Å²) in [4.78, 5) is 19.9. The molecule has 0 unspecified atom stereocenters. The largest absolute Gasteiger partial charge is 0.290 e. The van der Waals surface area contributed by atoms with Crippen molar-refractivity contribution < 1.29 is 4.79 Å². The highest BCUT2D eigenvalue weighted by molar-refractivity contribution is 5.94. The van der Waals surface area contributed by atoms with E-state index >= 15 is 0 Å². The van der Waals surface area contributed by atoms with Crippen LogP contribution in [0.5, 0.6) is 0 Å². The maximum atomic E-state index is 11.4. The Morgan fingerprint density at radius 2 is 1.89 bits per heavy atom. The highest BCUT2D eigenvalue weighted by Gasteiger charge is 2.11. The number of nitrogens with one attached hydrogen (secondary N) is 1. The van der Waals surface area contributed by atoms with Crippen LogP contribution in [0, 0.1) is 13.8 Å². The molecule has 3 N–H and O–H groups in total. The number of hydrogen-bond donors (Lipinski definition) is 2. The lowest BCUT2D eigenvalue weighted by Crippen LogP contribution is -2.31. The zero-order valence-corrected chi connectivity index (χ0v) is 10.3. The SMILES string of the molecule is Cc1ccc(-c2ncc(C(=O)NN)c(C)n2)cc1. The standard InChI is InChI=1S/C13H14N4O/c1-8-3-5-10(6-4-8)12-15-7-11(9(2)16-12)13(18)17-14/h3-7H,14H2,1-2H3,(H,17,18). The van der Waals surface area contributed by atoms with Crippen LogP contribution in [0.25, 0.3) is 11.4 Å². The Labute approximate surface area is 105 Å². The third-order valence-corrected chi connectivity index (χ3v) is 2.66. The Morgan fingerprint density at radius 3 is 2.44 bits per heavy atom. The molecule has 0 spiro atoms. The maximum Gasteiger partial charge on any atom is 0.268 e. The van der Waals surface area contributed by atoms with Gasteiger partial charge in [0.15, 0.2) is 5.82 Å². The van der Waals surface area contributed by atoms with Gasteiger partial charge in [0.2, 0.25) is 0 Å². The summed E-state index contributed by atoms with van der Waals surface area (Å²) in [6.45, 7) is 3.77. The quantitative estimate of drug-likeness (QED) is 0.473. The minimum atomic E-state index is -0.386. The van der Waals surface area contributed by atoms with Gasteiger partial charge in [-0.3, -0.25) is 10.2 Å². The van der Waals surface area contributed by atoms with E-state index in [0.29, 0.717) is 17.1 Å². The highest BCUT2D eigenvalue weighted by atomic mass is 16.2. The van der Waals surface area contributed by atoms with Crippen LogP contribution in [0.2, 0.25) is 0 Å². The van der Waals surface area contributed by atoms with Crippen LogP contribution < -0.4 is 11.3 Å². The van der Waals surface area contributed by atoms with E-state index in [4.69, 9.17) is 5.84 Å². The number of aromatic nitrogens is 2. The molecule has 5 nitrogen and oxygen atoms in total. The molecule has 5 heteroatoms. The summed E-state index contributed by atoms with van der Waals surface area (Å²) in [6, 6.07) is 7.89. The Balaban J connectivity index is 2.40. The van der Waals surface area contributed by atoms with E-state index in [1.807, 2.05) is 31.2 Å². The van der Waals surface area contributed by atoms with Crippen molar-refractivity contribution in [1.82, 2.24) is 15.4 Å². The van der Waals surface area contributed by atoms with Crippen molar-refractivity contribution in [3.63, 3.8) is 0 Å². The molecule has 92 valence electrons. The molecular weight excluding hydrogens is 228 g/mol. The van der Waals surface area contributed by atoms with Crippen molar-refractivity contribution in [2.75, 3.05) is 0 Å². The van der Waals surface area contributed by atoms with Gasteiger partial charge in [-0.2, -0.15) is 0 Å². The van der Waals surface area contributed by atoms with Crippen LogP contribution in [0.15, 0.2) is 30.5 Å². The summed E-state index contributed by atoms with van der Waals surface area (Å²) in [5, 5.41) is 0. The number of carbonyl (C=O) groups excluding carboxylic acids is 1. The number of amides is 1. The number of benzene rings is 1. The molecule has 0 fully saturated rings. The molecule has 0 radical (unpaired) electrons. The van der Waals surface area contributed by atoms with E-state index in [0.717, 1.165) is 5.56 Å². The van der Waals surface area contributed by atoms with Gasteiger partial charge < -0.3 is 0 Å². The van der Waals surface area contributed by atoms with Crippen LogP contribution >= 0.6 is 0 Å². The lowest BCUT2D eigenvalue weighted by Gasteiger charge is -2.06. The monoisotopic (exact) mass is 242 g/mol. The van der Waals surface area contributed by atoms with Crippen molar-refractivity contribution in [2.24, 2.45) is 5.84 Å². The van der Waals surface area contributed by atoms with Gasteiger partial charge in [0, 0.05) is 11.8 Å². The first kappa shape index (κ1) is 12.2. The number of nitrogens with zero attached hydrogens (tertiary/aromatic N) is 2. The van der Waals surface area contributed by atoms with Gasteiger partial charge >= 0.3 is 0 Å². The number of nitrogen functional groups attached to an aromatic ring is 1. The smallest absolute Gasteiger partial charge is 0.268 e. The molecule has 2 rings (SSSR count). The summed E-state index contributed by atoms with van der Waals surface area (Å²) in [7, 11) is 0. The van der Waals surface area contributed by atoms with E-state index in [-0.39, 0.29) is 5.91 Å². The lowest BCUT2D eigenvalue weighted by molar-refractivity contribution is 0.0952. The molecule has 0 atom stereocenters. The number of hydrogen-bond acceptors (Lipinski definition) is 4. The normalized spacial score (nSPS) is 10.2. The molecule has 0 saturated heterocycles. The Bertz CT molecular complexity index is 578. The summed E-state index contributed by atoms with van der Waals surface area (Å²) >= 11 is 0. The third-order valence-electron chi connectivity index (χ3n) is 2.66. The molecule has 0 aliphatic rings. The molecule has 1 aromatic carbocycles. The van der Waals surface area contributed by atoms with Gasteiger partial charge in [-0.15, -0.1) is 0 Å². The zero-order valence-electron chi connectivity index (χ0n) is 10.3. The van der Waals surface area contributed by atoms with E-state index < -0.39 is 0 Å². The molecular formula is C13H14N4O. The van der Waals surface area contributed by atoms with Crippen LogP contribution in [-0.4, -0.2) is 15.9 Å². The summed E-state index contributed by atoms with van der Waals surface area (Å²) in [5.74, 6) is 5.30. The van der Waals surface area contributed by atoms with Crippen LogP contribution in [0.1, 0.15) is 21.6 Å². The molecule has 2 aromatic rings.